The number of carbonyl (C=O) groups is 3. The van der Waals surface area contributed by atoms with E-state index in [0.717, 1.165) is 45.3 Å². The van der Waals surface area contributed by atoms with Crippen molar-refractivity contribution in [2.75, 3.05) is 46.3 Å². The number of likely N-dealkylation sites (N-methyl/N-ethyl adjacent to an activating group) is 1. The van der Waals surface area contributed by atoms with Crippen molar-refractivity contribution in [1.82, 2.24) is 35.3 Å². The molecule has 3 aromatic heterocycles. The standard InChI is InChI=1S/C21H24FN7O3/c1-28-5-7-29(8-6-28)4-2-3-23-21(32)16-9-15(26-27-16)19-20-18(14(22)11-25-19)13(10-24-20)17(31)12-30/h9-12,24H,2-8H2,1H3,(H,23,32)(H,26,27). The number of pyridine rings is 1. The number of halogens is 1. The largest absolute Gasteiger partial charge is 0.359 e. The fourth-order valence-corrected chi connectivity index (χ4v) is 3.79. The monoisotopic (exact) mass is 441 g/mol. The lowest BCUT2D eigenvalue weighted by Gasteiger charge is -2.32. The summed E-state index contributed by atoms with van der Waals surface area (Å²) >= 11 is 0. The second-order valence-electron chi connectivity index (χ2n) is 7.81. The Morgan fingerprint density at radius 2 is 2.06 bits per heavy atom. The van der Waals surface area contributed by atoms with Gasteiger partial charge in [-0.05, 0) is 26.1 Å². The number of piperazine rings is 1. The molecule has 3 N–H and O–H groups in total. The molecule has 32 heavy (non-hydrogen) atoms. The average molecular weight is 441 g/mol. The van der Waals surface area contributed by atoms with Gasteiger partial charge in [-0.2, -0.15) is 5.10 Å². The van der Waals surface area contributed by atoms with Crippen LogP contribution in [0.4, 0.5) is 4.39 Å². The third-order valence-electron chi connectivity index (χ3n) is 5.63. The van der Waals surface area contributed by atoms with E-state index in [9.17, 15) is 18.8 Å². The van der Waals surface area contributed by atoms with Crippen LogP contribution in [0.3, 0.4) is 0 Å². The van der Waals surface area contributed by atoms with Crippen LogP contribution in [0.25, 0.3) is 22.3 Å². The van der Waals surface area contributed by atoms with E-state index in [-0.39, 0.29) is 40.0 Å². The van der Waals surface area contributed by atoms with Gasteiger partial charge in [0.1, 0.15) is 17.1 Å². The summed E-state index contributed by atoms with van der Waals surface area (Å²) in [4.78, 5) is 46.6. The zero-order chi connectivity index (χ0) is 22.7. The lowest BCUT2D eigenvalue weighted by Crippen LogP contribution is -2.45. The molecule has 4 heterocycles. The topological polar surface area (TPSA) is 127 Å². The molecular formula is C21H24FN7O3. The lowest BCUT2D eigenvalue weighted by molar-refractivity contribution is -0.104. The SMILES string of the molecule is CN1CCN(CCCNC(=O)c2cc(-c3ncc(F)c4c(C(=O)C=O)c[nH]c34)n[nH]2)CC1. The molecular weight excluding hydrogens is 417 g/mol. The molecule has 3 aromatic rings. The summed E-state index contributed by atoms with van der Waals surface area (Å²) < 4.78 is 14.3. The molecule has 0 unspecified atom stereocenters. The van der Waals surface area contributed by atoms with Gasteiger partial charge in [-0.25, -0.2) is 9.37 Å². The summed E-state index contributed by atoms with van der Waals surface area (Å²) in [7, 11) is 2.11. The van der Waals surface area contributed by atoms with E-state index in [1.165, 1.54) is 12.3 Å². The minimum atomic E-state index is -0.842. The van der Waals surface area contributed by atoms with Crippen LogP contribution in [-0.2, 0) is 4.79 Å². The molecule has 0 spiro atoms. The highest BCUT2D eigenvalue weighted by Gasteiger charge is 2.21. The third kappa shape index (κ3) is 4.43. The van der Waals surface area contributed by atoms with Crippen LogP contribution >= 0.6 is 0 Å². The molecule has 1 aliphatic heterocycles. The maximum Gasteiger partial charge on any atom is 0.269 e. The van der Waals surface area contributed by atoms with Crippen LogP contribution in [0.5, 0.6) is 0 Å². The molecule has 0 radical (unpaired) electrons. The fraction of sp³-hybridized carbons (Fsp3) is 0.381. The third-order valence-corrected chi connectivity index (χ3v) is 5.63. The van der Waals surface area contributed by atoms with Crippen molar-refractivity contribution < 1.29 is 18.8 Å². The van der Waals surface area contributed by atoms with Crippen molar-refractivity contribution in [3.63, 3.8) is 0 Å². The fourth-order valence-electron chi connectivity index (χ4n) is 3.79. The number of amides is 1. The first kappa shape index (κ1) is 21.8. The van der Waals surface area contributed by atoms with Crippen LogP contribution < -0.4 is 5.32 Å². The average Bonchev–Trinajstić information content (AvgIpc) is 3.46. The van der Waals surface area contributed by atoms with Crippen molar-refractivity contribution in [2.45, 2.75) is 6.42 Å². The summed E-state index contributed by atoms with van der Waals surface area (Å²) in [6, 6.07) is 1.51. The van der Waals surface area contributed by atoms with Gasteiger partial charge in [0.05, 0.1) is 22.7 Å². The van der Waals surface area contributed by atoms with Gasteiger partial charge in [-0.3, -0.25) is 19.5 Å². The summed E-state index contributed by atoms with van der Waals surface area (Å²) in [5.74, 6) is -1.88. The number of H-pyrrole nitrogens is 2. The molecule has 10 nitrogen and oxygen atoms in total. The molecule has 1 aliphatic rings. The second-order valence-corrected chi connectivity index (χ2v) is 7.81. The molecule has 1 amide bonds. The van der Waals surface area contributed by atoms with Gasteiger partial charge in [0.15, 0.2) is 12.1 Å². The number of fused-ring (bicyclic) bond motifs is 1. The Hall–Kier alpha value is -3.44. The van der Waals surface area contributed by atoms with E-state index < -0.39 is 11.6 Å². The molecule has 11 heteroatoms. The maximum atomic E-state index is 14.3. The number of rotatable bonds is 8. The van der Waals surface area contributed by atoms with Gasteiger partial charge in [0.2, 0.25) is 5.78 Å². The van der Waals surface area contributed by atoms with Crippen molar-refractivity contribution in [3.8, 4) is 11.4 Å². The zero-order valence-electron chi connectivity index (χ0n) is 17.7. The molecule has 1 fully saturated rings. The molecule has 4 rings (SSSR count). The number of aldehydes is 1. The lowest BCUT2D eigenvalue weighted by atomic mass is 10.1. The van der Waals surface area contributed by atoms with E-state index in [2.05, 4.69) is 42.3 Å². The highest BCUT2D eigenvalue weighted by molar-refractivity contribution is 6.36. The number of hydrogen-bond donors (Lipinski definition) is 3. The number of carbonyl (C=O) groups excluding carboxylic acids is 3. The predicted octanol–water partition coefficient (Wildman–Crippen LogP) is 0.841. The molecule has 0 aliphatic carbocycles. The predicted molar refractivity (Wildman–Crippen MR) is 115 cm³/mol. The number of aromatic nitrogens is 4. The van der Waals surface area contributed by atoms with Crippen LogP contribution in [0, 0.1) is 5.82 Å². The highest BCUT2D eigenvalue weighted by Crippen LogP contribution is 2.29. The molecule has 0 bridgehead atoms. The van der Waals surface area contributed by atoms with Crippen LogP contribution in [-0.4, -0.2) is 94.3 Å². The summed E-state index contributed by atoms with van der Waals surface area (Å²) in [6.45, 7) is 5.64. The summed E-state index contributed by atoms with van der Waals surface area (Å²) in [6.07, 6.45) is 3.19. The van der Waals surface area contributed by atoms with E-state index in [1.54, 1.807) is 0 Å². The number of ketones is 1. The van der Waals surface area contributed by atoms with Gasteiger partial charge in [0.25, 0.3) is 5.91 Å². The zero-order valence-corrected chi connectivity index (χ0v) is 17.7. The first-order valence-corrected chi connectivity index (χ1v) is 10.4. The number of Topliss-reactive ketones (excluding diaryl/α,β-unsaturated/α-hetero) is 1. The van der Waals surface area contributed by atoms with Gasteiger partial charge in [-0.1, -0.05) is 0 Å². The van der Waals surface area contributed by atoms with Crippen molar-refractivity contribution in [1.29, 1.82) is 0 Å². The Kier molecular flexibility index (Phi) is 6.37. The molecule has 0 aromatic carbocycles. The first-order chi connectivity index (χ1) is 15.5. The molecule has 0 atom stereocenters. The minimum absolute atomic E-state index is 0.0370. The smallest absolute Gasteiger partial charge is 0.269 e. The van der Waals surface area contributed by atoms with Gasteiger partial charge in [0, 0.05) is 38.9 Å². The van der Waals surface area contributed by atoms with Gasteiger partial charge >= 0.3 is 0 Å². The number of hydrogen-bond acceptors (Lipinski definition) is 7. The van der Waals surface area contributed by atoms with E-state index in [4.69, 9.17) is 0 Å². The van der Waals surface area contributed by atoms with E-state index in [0.29, 0.717) is 12.2 Å². The Balaban J connectivity index is 1.41. The number of nitrogens with one attached hydrogen (secondary N) is 3. The Morgan fingerprint density at radius 3 is 2.81 bits per heavy atom. The normalized spacial score (nSPS) is 15.2. The Labute approximate surface area is 183 Å². The first-order valence-electron chi connectivity index (χ1n) is 10.4. The maximum absolute atomic E-state index is 14.3. The minimum Gasteiger partial charge on any atom is -0.359 e. The van der Waals surface area contributed by atoms with Crippen molar-refractivity contribution >= 4 is 28.9 Å². The molecule has 0 saturated carbocycles. The van der Waals surface area contributed by atoms with Gasteiger partial charge < -0.3 is 20.1 Å². The highest BCUT2D eigenvalue weighted by atomic mass is 19.1. The Morgan fingerprint density at radius 1 is 1.28 bits per heavy atom. The van der Waals surface area contributed by atoms with Crippen molar-refractivity contribution in [3.05, 3.63) is 35.5 Å². The molecule has 168 valence electrons. The van der Waals surface area contributed by atoms with Crippen LogP contribution in [0.2, 0.25) is 0 Å². The summed E-state index contributed by atoms with van der Waals surface area (Å²) in [5, 5.41) is 9.61. The van der Waals surface area contributed by atoms with E-state index in [1.807, 2.05) is 0 Å². The number of nitrogens with zero attached hydrogens (tertiary/aromatic N) is 4. The van der Waals surface area contributed by atoms with Gasteiger partial charge in [-0.15, -0.1) is 0 Å². The van der Waals surface area contributed by atoms with Crippen LogP contribution in [0.15, 0.2) is 18.5 Å². The molecule has 1 saturated heterocycles. The van der Waals surface area contributed by atoms with Crippen molar-refractivity contribution in [2.24, 2.45) is 0 Å². The van der Waals surface area contributed by atoms with Crippen LogP contribution in [0.1, 0.15) is 27.3 Å². The summed E-state index contributed by atoms with van der Waals surface area (Å²) in [5.41, 5.74) is 0.960. The van der Waals surface area contributed by atoms with E-state index >= 15 is 0 Å². The quantitative estimate of drug-likeness (QED) is 0.205. The Bertz CT molecular complexity index is 1150. The number of aromatic amines is 2. The second kappa shape index (κ2) is 9.37.